The number of benzene rings is 1. The lowest BCUT2D eigenvalue weighted by atomic mass is 10.3. The van der Waals surface area contributed by atoms with Gasteiger partial charge in [-0.05, 0) is 24.3 Å². The van der Waals surface area contributed by atoms with Gasteiger partial charge in [0.2, 0.25) is 5.75 Å². The van der Waals surface area contributed by atoms with Crippen LogP contribution >= 0.6 is 0 Å². The second-order valence-electron chi connectivity index (χ2n) is 4.42. The largest absolute Gasteiger partial charge is 0.484 e. The van der Waals surface area contributed by atoms with Crippen molar-refractivity contribution in [3.63, 3.8) is 0 Å². The Morgan fingerprint density at radius 3 is 2.81 bits per heavy atom. The molecular formula is C14H13N3O4. The highest BCUT2D eigenvalue weighted by molar-refractivity contribution is 5.88. The van der Waals surface area contributed by atoms with Crippen molar-refractivity contribution in [3.8, 4) is 17.2 Å². The standard InChI is InChI=1S/C14H13N3O4/c15-9-1-3-10(4-2-9)21-11-5-6-16-13-12(11)20-8-7-17(13)14(18)19/h1-6H,7-8,15H2,(H,18,19). The zero-order valence-electron chi connectivity index (χ0n) is 11.0. The number of amides is 1. The van der Waals surface area contributed by atoms with Gasteiger partial charge in [0.15, 0.2) is 11.6 Å². The third-order valence-electron chi connectivity index (χ3n) is 3.01. The predicted molar refractivity (Wildman–Crippen MR) is 76.0 cm³/mol. The maximum absolute atomic E-state index is 11.2. The zero-order chi connectivity index (χ0) is 14.8. The van der Waals surface area contributed by atoms with Crippen LogP contribution in [0.2, 0.25) is 0 Å². The highest BCUT2D eigenvalue weighted by Gasteiger charge is 2.27. The van der Waals surface area contributed by atoms with Crippen molar-refractivity contribution < 1.29 is 19.4 Å². The van der Waals surface area contributed by atoms with Crippen molar-refractivity contribution in [1.29, 1.82) is 0 Å². The van der Waals surface area contributed by atoms with Crippen LogP contribution in [-0.2, 0) is 0 Å². The molecule has 2 heterocycles. The molecule has 0 saturated heterocycles. The highest BCUT2D eigenvalue weighted by Crippen LogP contribution is 2.40. The number of ether oxygens (including phenoxy) is 2. The molecule has 0 spiro atoms. The number of anilines is 2. The molecule has 7 heteroatoms. The highest BCUT2D eigenvalue weighted by atomic mass is 16.5. The molecule has 1 aliphatic heterocycles. The molecule has 1 aromatic heterocycles. The first-order chi connectivity index (χ1) is 10.1. The fraction of sp³-hybridized carbons (Fsp3) is 0.143. The van der Waals surface area contributed by atoms with Crippen LogP contribution in [0.15, 0.2) is 36.5 Å². The van der Waals surface area contributed by atoms with Gasteiger partial charge in [0.25, 0.3) is 0 Å². The molecule has 1 aromatic carbocycles. The van der Waals surface area contributed by atoms with Crippen LogP contribution in [0.25, 0.3) is 0 Å². The molecule has 0 bridgehead atoms. The molecule has 0 fully saturated rings. The lowest BCUT2D eigenvalue weighted by Gasteiger charge is -2.27. The molecular weight excluding hydrogens is 274 g/mol. The number of aromatic nitrogens is 1. The number of pyridine rings is 1. The monoisotopic (exact) mass is 287 g/mol. The SMILES string of the molecule is Nc1ccc(Oc2ccnc3c2OCCN3C(=O)O)cc1. The van der Waals surface area contributed by atoms with Gasteiger partial charge < -0.3 is 20.3 Å². The average Bonchev–Trinajstić information content (AvgIpc) is 2.49. The Hall–Kier alpha value is -2.96. The van der Waals surface area contributed by atoms with Crippen molar-refractivity contribution in [2.45, 2.75) is 0 Å². The molecule has 0 atom stereocenters. The van der Waals surface area contributed by atoms with E-state index < -0.39 is 6.09 Å². The van der Waals surface area contributed by atoms with E-state index in [1.54, 1.807) is 30.3 Å². The fourth-order valence-electron chi connectivity index (χ4n) is 2.02. The molecule has 21 heavy (non-hydrogen) atoms. The molecule has 108 valence electrons. The van der Waals surface area contributed by atoms with E-state index in [-0.39, 0.29) is 19.0 Å². The van der Waals surface area contributed by atoms with Crippen molar-refractivity contribution in [2.24, 2.45) is 0 Å². The molecule has 0 radical (unpaired) electrons. The quantitative estimate of drug-likeness (QED) is 0.823. The van der Waals surface area contributed by atoms with Gasteiger partial charge in [0, 0.05) is 18.0 Å². The molecule has 3 N–H and O–H groups in total. The van der Waals surface area contributed by atoms with Gasteiger partial charge in [-0.1, -0.05) is 0 Å². The molecule has 2 aromatic rings. The molecule has 3 rings (SSSR count). The summed E-state index contributed by atoms with van der Waals surface area (Å²) in [5.74, 6) is 1.55. The minimum absolute atomic E-state index is 0.237. The van der Waals surface area contributed by atoms with Gasteiger partial charge >= 0.3 is 6.09 Å². The van der Waals surface area contributed by atoms with Crippen LogP contribution in [0, 0.1) is 0 Å². The minimum Gasteiger partial charge on any atom is -0.484 e. The minimum atomic E-state index is -1.07. The third-order valence-corrected chi connectivity index (χ3v) is 3.01. The van der Waals surface area contributed by atoms with E-state index in [4.69, 9.17) is 15.2 Å². The van der Waals surface area contributed by atoms with Crippen molar-refractivity contribution in [2.75, 3.05) is 23.8 Å². The Labute approximate surface area is 120 Å². The summed E-state index contributed by atoms with van der Waals surface area (Å²) in [5, 5.41) is 9.17. The van der Waals surface area contributed by atoms with Crippen molar-refractivity contribution in [3.05, 3.63) is 36.5 Å². The molecule has 1 amide bonds. The zero-order valence-corrected chi connectivity index (χ0v) is 11.0. The number of carbonyl (C=O) groups is 1. The van der Waals surface area contributed by atoms with Crippen LogP contribution in [0.4, 0.5) is 16.3 Å². The maximum atomic E-state index is 11.2. The van der Waals surface area contributed by atoms with Gasteiger partial charge in [-0.25, -0.2) is 9.78 Å². The number of nitrogens with zero attached hydrogens (tertiary/aromatic N) is 2. The average molecular weight is 287 g/mol. The Morgan fingerprint density at radius 1 is 1.33 bits per heavy atom. The van der Waals surface area contributed by atoms with Gasteiger partial charge in [-0.2, -0.15) is 0 Å². The van der Waals surface area contributed by atoms with Crippen LogP contribution in [0.1, 0.15) is 0 Å². The summed E-state index contributed by atoms with van der Waals surface area (Å²) in [6, 6.07) is 8.50. The van der Waals surface area contributed by atoms with Crippen LogP contribution in [0.5, 0.6) is 17.2 Å². The second kappa shape index (κ2) is 5.20. The third kappa shape index (κ3) is 2.53. The van der Waals surface area contributed by atoms with Crippen molar-refractivity contribution >= 4 is 17.6 Å². The Kier molecular flexibility index (Phi) is 3.23. The molecule has 0 saturated carbocycles. The van der Waals surface area contributed by atoms with E-state index >= 15 is 0 Å². The fourth-order valence-corrected chi connectivity index (χ4v) is 2.02. The summed E-state index contributed by atoms with van der Waals surface area (Å²) in [7, 11) is 0. The second-order valence-corrected chi connectivity index (χ2v) is 4.42. The number of carboxylic acid groups (broad SMARTS) is 1. The van der Waals surface area contributed by atoms with Gasteiger partial charge in [-0.3, -0.25) is 4.90 Å². The van der Waals surface area contributed by atoms with E-state index in [0.717, 1.165) is 4.90 Å². The number of rotatable bonds is 2. The van der Waals surface area contributed by atoms with Crippen LogP contribution in [0.3, 0.4) is 0 Å². The van der Waals surface area contributed by atoms with Gasteiger partial charge in [0.1, 0.15) is 12.4 Å². The molecule has 1 aliphatic rings. The lowest BCUT2D eigenvalue weighted by molar-refractivity contribution is 0.195. The summed E-state index contributed by atoms with van der Waals surface area (Å²) in [4.78, 5) is 16.4. The van der Waals surface area contributed by atoms with E-state index in [1.165, 1.54) is 6.20 Å². The Morgan fingerprint density at radius 2 is 2.10 bits per heavy atom. The summed E-state index contributed by atoms with van der Waals surface area (Å²) >= 11 is 0. The maximum Gasteiger partial charge on any atom is 0.413 e. The van der Waals surface area contributed by atoms with Crippen LogP contribution in [-0.4, -0.2) is 29.3 Å². The first kappa shape index (κ1) is 13.0. The molecule has 7 nitrogen and oxygen atoms in total. The van der Waals surface area contributed by atoms with Crippen LogP contribution < -0.4 is 20.1 Å². The van der Waals surface area contributed by atoms with Gasteiger partial charge in [-0.15, -0.1) is 0 Å². The topological polar surface area (TPSA) is 97.9 Å². The normalized spacial score (nSPS) is 13.2. The van der Waals surface area contributed by atoms with E-state index in [0.29, 0.717) is 22.9 Å². The first-order valence-electron chi connectivity index (χ1n) is 6.31. The first-order valence-corrected chi connectivity index (χ1v) is 6.31. The number of nitrogens with two attached hydrogens (primary N) is 1. The van der Waals surface area contributed by atoms with Crippen molar-refractivity contribution in [1.82, 2.24) is 4.98 Å². The predicted octanol–water partition coefficient (Wildman–Crippen LogP) is 2.33. The summed E-state index contributed by atoms with van der Waals surface area (Å²) in [6.07, 6.45) is 0.410. The van der Waals surface area contributed by atoms with E-state index in [1.807, 2.05) is 0 Å². The number of hydrogen-bond acceptors (Lipinski definition) is 5. The lowest BCUT2D eigenvalue weighted by Crippen LogP contribution is -2.37. The van der Waals surface area contributed by atoms with Gasteiger partial charge in [0.05, 0.1) is 6.54 Å². The Bertz CT molecular complexity index is 672. The number of hydrogen-bond donors (Lipinski definition) is 2. The summed E-state index contributed by atoms with van der Waals surface area (Å²) < 4.78 is 11.2. The Balaban J connectivity index is 1.95. The smallest absolute Gasteiger partial charge is 0.413 e. The number of fused-ring (bicyclic) bond motifs is 1. The number of nitrogen functional groups attached to an aromatic ring is 1. The summed E-state index contributed by atoms with van der Waals surface area (Å²) in [6.45, 7) is 0.490. The molecule has 0 aliphatic carbocycles. The molecule has 0 unspecified atom stereocenters. The van der Waals surface area contributed by atoms with E-state index in [2.05, 4.69) is 4.98 Å². The van der Waals surface area contributed by atoms with E-state index in [9.17, 15) is 9.90 Å². The summed E-state index contributed by atoms with van der Waals surface area (Å²) in [5.41, 5.74) is 6.25.